The van der Waals surface area contributed by atoms with Crippen molar-refractivity contribution in [2.24, 2.45) is 0 Å². The first-order chi connectivity index (χ1) is 17.8. The second-order valence-electron chi connectivity index (χ2n) is 11.4. The molecule has 0 aliphatic carbocycles. The number of amides is 1. The number of halogens is 3. The fourth-order valence-corrected chi connectivity index (χ4v) is 4.88. The standard InChI is InChI=1S/C27H38F3N7O/c1-17(24-9-25(33-16-32-24)35-23-12-36(13-23)18(2)27(28,29)30)6-7-26(4,5)20-8-21(11-31-10-20)34-22-14-37(15-22)19(3)38/h8-11,16-18,22-23,34H,6-7,12-15H2,1-5H3,(H,32,33,35)/t17?,18-/m0/s1. The number of alkyl halides is 3. The third kappa shape index (κ3) is 6.73. The van der Waals surface area contributed by atoms with Crippen LogP contribution in [0, 0.1) is 0 Å². The fourth-order valence-electron chi connectivity index (χ4n) is 4.88. The summed E-state index contributed by atoms with van der Waals surface area (Å²) in [6.07, 6.45) is 2.85. The van der Waals surface area contributed by atoms with Crippen LogP contribution in [0.2, 0.25) is 0 Å². The van der Waals surface area contributed by atoms with Gasteiger partial charge in [-0.3, -0.25) is 14.7 Å². The van der Waals surface area contributed by atoms with E-state index in [1.165, 1.54) is 18.2 Å². The molecule has 2 aliphatic heterocycles. The Hall–Kier alpha value is -2.95. The maximum atomic E-state index is 12.9. The van der Waals surface area contributed by atoms with E-state index in [-0.39, 0.29) is 29.3 Å². The van der Waals surface area contributed by atoms with Crippen LogP contribution >= 0.6 is 0 Å². The van der Waals surface area contributed by atoms with Crippen molar-refractivity contribution in [2.45, 2.75) is 83.1 Å². The Balaban J connectivity index is 1.28. The Bertz CT molecular complexity index is 1110. The van der Waals surface area contributed by atoms with Crippen LogP contribution in [0.3, 0.4) is 0 Å². The number of anilines is 2. The van der Waals surface area contributed by atoms with E-state index in [9.17, 15) is 18.0 Å². The summed E-state index contributed by atoms with van der Waals surface area (Å²) in [5, 5.41) is 6.73. The smallest absolute Gasteiger partial charge is 0.377 e. The van der Waals surface area contributed by atoms with E-state index in [2.05, 4.69) is 52.4 Å². The van der Waals surface area contributed by atoms with Crippen molar-refractivity contribution in [1.29, 1.82) is 0 Å². The largest absolute Gasteiger partial charge is 0.403 e. The second-order valence-corrected chi connectivity index (χ2v) is 11.4. The van der Waals surface area contributed by atoms with Crippen molar-refractivity contribution in [3.8, 4) is 0 Å². The first kappa shape index (κ1) is 28.1. The molecule has 1 amide bonds. The van der Waals surface area contributed by atoms with Gasteiger partial charge in [-0.25, -0.2) is 9.97 Å². The van der Waals surface area contributed by atoms with Crippen LogP contribution in [0.1, 0.15) is 64.6 Å². The molecule has 2 aromatic heterocycles. The molecule has 2 aromatic rings. The zero-order chi connectivity index (χ0) is 27.7. The number of nitrogens with zero attached hydrogens (tertiary/aromatic N) is 5. The van der Waals surface area contributed by atoms with Gasteiger partial charge >= 0.3 is 6.18 Å². The van der Waals surface area contributed by atoms with E-state index in [0.29, 0.717) is 32.0 Å². The number of pyridine rings is 1. The van der Waals surface area contributed by atoms with E-state index in [1.807, 2.05) is 23.4 Å². The molecule has 4 heterocycles. The van der Waals surface area contributed by atoms with Gasteiger partial charge in [0, 0.05) is 57.3 Å². The molecule has 2 atom stereocenters. The molecule has 0 radical (unpaired) electrons. The van der Waals surface area contributed by atoms with Gasteiger partial charge in [0.15, 0.2) is 0 Å². The summed E-state index contributed by atoms with van der Waals surface area (Å²) >= 11 is 0. The van der Waals surface area contributed by atoms with Crippen LogP contribution in [-0.4, -0.2) is 81.1 Å². The van der Waals surface area contributed by atoms with Crippen LogP contribution in [0.15, 0.2) is 30.9 Å². The number of carbonyl (C=O) groups is 1. The first-order valence-corrected chi connectivity index (χ1v) is 13.2. The van der Waals surface area contributed by atoms with Gasteiger partial charge in [0.1, 0.15) is 18.2 Å². The molecule has 2 saturated heterocycles. The van der Waals surface area contributed by atoms with Gasteiger partial charge in [-0.2, -0.15) is 13.2 Å². The van der Waals surface area contributed by atoms with Crippen LogP contribution in [-0.2, 0) is 10.2 Å². The lowest BCUT2D eigenvalue weighted by atomic mass is 9.79. The summed E-state index contributed by atoms with van der Waals surface area (Å²) in [7, 11) is 0. The maximum absolute atomic E-state index is 12.9. The summed E-state index contributed by atoms with van der Waals surface area (Å²) in [4.78, 5) is 27.8. The molecule has 11 heteroatoms. The van der Waals surface area contributed by atoms with E-state index in [4.69, 9.17) is 0 Å². The predicted octanol–water partition coefficient (Wildman–Crippen LogP) is 4.42. The molecule has 0 spiro atoms. The average Bonchev–Trinajstić information content (AvgIpc) is 2.80. The Labute approximate surface area is 222 Å². The van der Waals surface area contributed by atoms with Gasteiger partial charge in [0.05, 0.1) is 17.8 Å². The summed E-state index contributed by atoms with van der Waals surface area (Å²) in [6.45, 7) is 11.4. The van der Waals surface area contributed by atoms with E-state index in [1.54, 1.807) is 6.92 Å². The molecule has 4 rings (SSSR count). The van der Waals surface area contributed by atoms with Gasteiger partial charge in [0.25, 0.3) is 0 Å². The van der Waals surface area contributed by atoms with Crippen molar-refractivity contribution < 1.29 is 18.0 Å². The molecular formula is C27H38F3N7O. The Morgan fingerprint density at radius 3 is 2.39 bits per heavy atom. The van der Waals surface area contributed by atoms with Gasteiger partial charge in [-0.15, -0.1) is 0 Å². The zero-order valence-electron chi connectivity index (χ0n) is 22.7. The third-order valence-electron chi connectivity index (χ3n) is 7.90. The van der Waals surface area contributed by atoms with Crippen molar-refractivity contribution in [3.05, 3.63) is 42.1 Å². The molecule has 8 nitrogen and oxygen atoms in total. The highest BCUT2D eigenvalue weighted by molar-refractivity contribution is 5.74. The lowest BCUT2D eigenvalue weighted by Gasteiger charge is -2.43. The summed E-state index contributed by atoms with van der Waals surface area (Å²) in [5.41, 5.74) is 2.90. The number of nitrogens with one attached hydrogen (secondary N) is 2. The highest BCUT2D eigenvalue weighted by atomic mass is 19.4. The van der Waals surface area contributed by atoms with Crippen LogP contribution in [0.4, 0.5) is 24.7 Å². The SMILES string of the molecule is CC(=O)N1CC(Nc2cncc(C(C)(C)CCC(C)c3cc(NC4CN([C@@H](C)C(F)(F)F)C4)ncn3)c2)C1. The zero-order valence-corrected chi connectivity index (χ0v) is 22.7. The third-order valence-corrected chi connectivity index (χ3v) is 7.90. The van der Waals surface area contributed by atoms with Crippen LogP contribution in [0.5, 0.6) is 0 Å². The summed E-state index contributed by atoms with van der Waals surface area (Å²) in [6, 6.07) is 2.79. The molecule has 2 aliphatic rings. The van der Waals surface area contributed by atoms with Crippen LogP contribution in [0.25, 0.3) is 0 Å². The quantitative estimate of drug-likeness (QED) is 0.468. The molecule has 2 fully saturated rings. The van der Waals surface area contributed by atoms with Crippen molar-refractivity contribution >= 4 is 17.4 Å². The van der Waals surface area contributed by atoms with Gasteiger partial charge in [-0.05, 0) is 42.7 Å². The molecule has 1 unspecified atom stereocenters. The minimum absolute atomic E-state index is 0.0596. The highest BCUT2D eigenvalue weighted by Gasteiger charge is 2.44. The van der Waals surface area contributed by atoms with E-state index >= 15 is 0 Å². The number of likely N-dealkylation sites (tertiary alicyclic amines) is 2. The number of hydrogen-bond acceptors (Lipinski definition) is 7. The van der Waals surface area contributed by atoms with Crippen molar-refractivity contribution in [1.82, 2.24) is 24.8 Å². The highest BCUT2D eigenvalue weighted by Crippen LogP contribution is 2.34. The molecule has 0 aromatic carbocycles. The molecule has 0 saturated carbocycles. The maximum Gasteiger partial charge on any atom is 0.403 e. The van der Waals surface area contributed by atoms with Gasteiger partial charge in [0.2, 0.25) is 5.91 Å². The lowest BCUT2D eigenvalue weighted by molar-refractivity contribution is -0.188. The second kappa shape index (κ2) is 11.0. The minimum Gasteiger partial charge on any atom is -0.377 e. The average molecular weight is 534 g/mol. The molecule has 0 bridgehead atoms. The topological polar surface area (TPSA) is 86.3 Å². The first-order valence-electron chi connectivity index (χ1n) is 13.2. The van der Waals surface area contributed by atoms with Gasteiger partial charge < -0.3 is 15.5 Å². The molecule has 208 valence electrons. The van der Waals surface area contributed by atoms with Gasteiger partial charge in [-0.1, -0.05) is 20.8 Å². The Morgan fingerprint density at radius 1 is 1.05 bits per heavy atom. The lowest BCUT2D eigenvalue weighted by Crippen LogP contribution is -2.61. The summed E-state index contributed by atoms with van der Waals surface area (Å²) in [5.74, 6) is 0.928. The van der Waals surface area contributed by atoms with Crippen molar-refractivity contribution in [2.75, 3.05) is 36.8 Å². The number of hydrogen-bond donors (Lipinski definition) is 2. The molecule has 2 N–H and O–H groups in total. The molecule has 38 heavy (non-hydrogen) atoms. The predicted molar refractivity (Wildman–Crippen MR) is 141 cm³/mol. The Morgan fingerprint density at radius 2 is 1.74 bits per heavy atom. The van der Waals surface area contributed by atoms with Crippen molar-refractivity contribution in [3.63, 3.8) is 0 Å². The Kier molecular flexibility index (Phi) is 8.15. The summed E-state index contributed by atoms with van der Waals surface area (Å²) < 4.78 is 38.7. The molecular weight excluding hydrogens is 495 g/mol. The monoisotopic (exact) mass is 533 g/mol. The number of carbonyl (C=O) groups excluding carboxylic acids is 1. The normalized spacial score (nSPS) is 18.9. The van der Waals surface area contributed by atoms with E-state index in [0.717, 1.165) is 29.8 Å². The van der Waals surface area contributed by atoms with E-state index < -0.39 is 12.2 Å². The minimum atomic E-state index is -4.21. The number of aromatic nitrogens is 3. The van der Waals surface area contributed by atoms with Crippen LogP contribution < -0.4 is 10.6 Å². The number of rotatable bonds is 10. The fraction of sp³-hybridized carbons (Fsp3) is 0.630.